The Balaban J connectivity index is 2.08. The summed E-state index contributed by atoms with van der Waals surface area (Å²) >= 11 is 0. The first-order valence-corrected chi connectivity index (χ1v) is 6.30. The van der Waals surface area contributed by atoms with Gasteiger partial charge in [-0.2, -0.15) is 0 Å². The van der Waals surface area contributed by atoms with Crippen LogP contribution < -0.4 is 11.1 Å². The van der Waals surface area contributed by atoms with Crippen LogP contribution in [0.4, 0.5) is 14.9 Å². The number of rotatable bonds is 3. The van der Waals surface area contributed by atoms with E-state index in [2.05, 4.69) is 5.32 Å². The molecule has 4 N–H and O–H groups in total. The molecule has 20 heavy (non-hydrogen) atoms. The highest BCUT2D eigenvalue weighted by Crippen LogP contribution is 2.19. The summed E-state index contributed by atoms with van der Waals surface area (Å²) in [6.45, 7) is 1.60. The molecular formula is C13H16FN3O3. The lowest BCUT2D eigenvalue weighted by Gasteiger charge is -2.17. The quantitative estimate of drug-likeness (QED) is 0.779. The van der Waals surface area contributed by atoms with Gasteiger partial charge in [0.2, 0.25) is 0 Å². The maximum atomic E-state index is 13.6. The van der Waals surface area contributed by atoms with E-state index in [1.807, 2.05) is 0 Å². The van der Waals surface area contributed by atoms with E-state index < -0.39 is 17.8 Å². The second-order valence-corrected chi connectivity index (χ2v) is 4.77. The number of carbonyl (C=O) groups excluding carboxylic acids is 1. The number of carbonyl (C=O) groups is 2. The summed E-state index contributed by atoms with van der Waals surface area (Å²) in [6.07, 6.45) is 0.821. The number of hydrogen-bond donors (Lipinski definition) is 3. The van der Waals surface area contributed by atoms with Gasteiger partial charge in [0.1, 0.15) is 5.82 Å². The number of carboxylic acids is 1. The number of nitrogens with two attached hydrogens (primary N) is 1. The van der Waals surface area contributed by atoms with Crippen molar-refractivity contribution in [3.05, 3.63) is 29.6 Å². The highest BCUT2D eigenvalue weighted by molar-refractivity contribution is 5.93. The lowest BCUT2D eigenvalue weighted by Crippen LogP contribution is -2.34. The number of likely N-dealkylation sites (tertiary alicyclic amines) is 1. The first-order valence-electron chi connectivity index (χ1n) is 6.30. The van der Waals surface area contributed by atoms with Gasteiger partial charge >= 0.3 is 12.0 Å². The number of halogens is 1. The van der Waals surface area contributed by atoms with Gasteiger partial charge < -0.3 is 21.1 Å². The highest BCUT2D eigenvalue weighted by Gasteiger charge is 2.25. The molecule has 0 saturated carbocycles. The van der Waals surface area contributed by atoms with Crippen molar-refractivity contribution in [2.24, 2.45) is 11.7 Å². The minimum Gasteiger partial charge on any atom is -0.478 e. The lowest BCUT2D eigenvalue weighted by molar-refractivity contribution is 0.0697. The van der Waals surface area contributed by atoms with Gasteiger partial charge in [0, 0.05) is 13.1 Å². The molecule has 2 amide bonds. The van der Waals surface area contributed by atoms with Crippen molar-refractivity contribution in [3.8, 4) is 0 Å². The van der Waals surface area contributed by atoms with Crippen LogP contribution in [0.1, 0.15) is 16.8 Å². The SMILES string of the molecule is NCC1CCN(C(=O)Nc2cc(C(=O)O)ccc2F)C1. The van der Waals surface area contributed by atoms with E-state index in [0.717, 1.165) is 24.6 Å². The van der Waals surface area contributed by atoms with Crippen LogP contribution in [0.5, 0.6) is 0 Å². The summed E-state index contributed by atoms with van der Waals surface area (Å²) in [5.74, 6) is -1.58. The molecule has 1 aromatic rings. The average Bonchev–Trinajstić information content (AvgIpc) is 2.89. The Kier molecular flexibility index (Phi) is 4.19. The van der Waals surface area contributed by atoms with Gasteiger partial charge in [-0.15, -0.1) is 0 Å². The summed E-state index contributed by atoms with van der Waals surface area (Å²) in [6, 6.07) is 2.83. The molecule has 2 rings (SSSR count). The van der Waals surface area contributed by atoms with Gasteiger partial charge in [0.05, 0.1) is 11.3 Å². The van der Waals surface area contributed by atoms with E-state index in [-0.39, 0.29) is 17.2 Å². The number of amides is 2. The van der Waals surface area contributed by atoms with Crippen molar-refractivity contribution in [3.63, 3.8) is 0 Å². The van der Waals surface area contributed by atoms with Gasteiger partial charge in [0.25, 0.3) is 0 Å². The molecule has 7 heteroatoms. The van der Waals surface area contributed by atoms with Gasteiger partial charge in [-0.25, -0.2) is 14.0 Å². The molecule has 0 bridgehead atoms. The summed E-state index contributed by atoms with van der Waals surface area (Å²) in [5, 5.41) is 11.3. The van der Waals surface area contributed by atoms with Gasteiger partial charge in [0.15, 0.2) is 0 Å². The molecule has 1 aromatic carbocycles. The fourth-order valence-corrected chi connectivity index (χ4v) is 2.16. The first-order chi connectivity index (χ1) is 9.51. The Bertz CT molecular complexity index is 536. The van der Waals surface area contributed by atoms with Crippen LogP contribution in [0.2, 0.25) is 0 Å². The molecule has 1 saturated heterocycles. The van der Waals surface area contributed by atoms with Crippen molar-refractivity contribution in [2.75, 3.05) is 25.0 Å². The third-order valence-electron chi connectivity index (χ3n) is 3.36. The summed E-state index contributed by atoms with van der Waals surface area (Å²) in [4.78, 5) is 24.3. The van der Waals surface area contributed by atoms with E-state index in [1.165, 1.54) is 0 Å². The largest absolute Gasteiger partial charge is 0.478 e. The molecule has 0 spiro atoms. The van der Waals surface area contributed by atoms with Crippen molar-refractivity contribution in [2.45, 2.75) is 6.42 Å². The Morgan fingerprint density at radius 2 is 2.25 bits per heavy atom. The summed E-state index contributed by atoms with van der Waals surface area (Å²) in [5.41, 5.74) is 5.33. The number of nitrogens with zero attached hydrogens (tertiary/aromatic N) is 1. The Labute approximate surface area is 115 Å². The molecule has 1 aliphatic heterocycles. The van der Waals surface area contributed by atoms with E-state index in [9.17, 15) is 14.0 Å². The standard InChI is InChI=1S/C13H16FN3O3/c14-10-2-1-9(12(18)19)5-11(10)16-13(20)17-4-3-8(6-15)7-17/h1-2,5,8H,3-4,6-7,15H2,(H,16,20)(H,18,19). The second kappa shape index (κ2) is 5.87. The van der Waals surface area contributed by atoms with Crippen molar-refractivity contribution < 1.29 is 19.1 Å². The zero-order valence-electron chi connectivity index (χ0n) is 10.8. The van der Waals surface area contributed by atoms with E-state index >= 15 is 0 Å². The molecule has 0 radical (unpaired) electrons. The smallest absolute Gasteiger partial charge is 0.335 e. The van der Waals surface area contributed by atoms with Crippen molar-refractivity contribution >= 4 is 17.7 Å². The molecule has 108 valence electrons. The normalized spacial score (nSPS) is 18.1. The van der Waals surface area contributed by atoms with Crippen molar-refractivity contribution in [1.82, 2.24) is 4.90 Å². The minimum atomic E-state index is -1.18. The second-order valence-electron chi connectivity index (χ2n) is 4.77. The van der Waals surface area contributed by atoms with Crippen LogP contribution in [-0.4, -0.2) is 41.6 Å². The van der Waals surface area contributed by atoms with Crippen LogP contribution in [0.25, 0.3) is 0 Å². The van der Waals surface area contributed by atoms with E-state index in [1.54, 1.807) is 4.90 Å². The Morgan fingerprint density at radius 3 is 2.85 bits per heavy atom. The number of aromatic carboxylic acids is 1. The number of hydrogen-bond acceptors (Lipinski definition) is 3. The number of carboxylic acid groups (broad SMARTS) is 1. The Morgan fingerprint density at radius 1 is 1.50 bits per heavy atom. The predicted octanol–water partition coefficient (Wildman–Crippen LogP) is 1.34. The molecule has 1 aliphatic rings. The summed E-state index contributed by atoms with van der Waals surface area (Å²) in [7, 11) is 0. The van der Waals surface area contributed by atoms with Crippen LogP contribution in [0.15, 0.2) is 18.2 Å². The monoisotopic (exact) mass is 281 g/mol. The number of urea groups is 1. The van der Waals surface area contributed by atoms with Gasteiger partial charge in [-0.1, -0.05) is 0 Å². The first kappa shape index (κ1) is 14.3. The van der Waals surface area contributed by atoms with E-state index in [4.69, 9.17) is 10.8 Å². The predicted molar refractivity (Wildman–Crippen MR) is 71.1 cm³/mol. The molecule has 0 aromatic heterocycles. The van der Waals surface area contributed by atoms with E-state index in [0.29, 0.717) is 19.6 Å². The molecular weight excluding hydrogens is 265 g/mol. The maximum absolute atomic E-state index is 13.6. The lowest BCUT2D eigenvalue weighted by atomic mass is 10.1. The zero-order valence-corrected chi connectivity index (χ0v) is 10.8. The third-order valence-corrected chi connectivity index (χ3v) is 3.36. The van der Waals surface area contributed by atoms with Gasteiger partial charge in [-0.3, -0.25) is 0 Å². The highest BCUT2D eigenvalue weighted by atomic mass is 19.1. The zero-order chi connectivity index (χ0) is 14.7. The molecule has 1 atom stereocenters. The van der Waals surface area contributed by atoms with Crippen LogP contribution in [-0.2, 0) is 0 Å². The number of benzene rings is 1. The maximum Gasteiger partial charge on any atom is 0.335 e. The van der Waals surface area contributed by atoms with Crippen LogP contribution >= 0.6 is 0 Å². The number of anilines is 1. The average molecular weight is 281 g/mol. The topological polar surface area (TPSA) is 95.7 Å². The molecule has 1 heterocycles. The van der Waals surface area contributed by atoms with Crippen molar-refractivity contribution in [1.29, 1.82) is 0 Å². The minimum absolute atomic E-state index is 0.0806. The third kappa shape index (κ3) is 3.05. The summed E-state index contributed by atoms with van der Waals surface area (Å²) < 4.78 is 13.6. The molecule has 0 aliphatic carbocycles. The molecule has 1 fully saturated rings. The molecule has 6 nitrogen and oxygen atoms in total. The molecule has 1 unspecified atom stereocenters. The fraction of sp³-hybridized carbons (Fsp3) is 0.385. The fourth-order valence-electron chi connectivity index (χ4n) is 2.16. The van der Waals surface area contributed by atoms with Gasteiger partial charge in [-0.05, 0) is 37.1 Å². The Hall–Kier alpha value is -2.15. The van der Waals surface area contributed by atoms with Crippen LogP contribution in [0.3, 0.4) is 0 Å². The number of nitrogens with one attached hydrogen (secondary N) is 1. The van der Waals surface area contributed by atoms with Crippen LogP contribution in [0, 0.1) is 11.7 Å².